The lowest BCUT2D eigenvalue weighted by atomic mass is 10.3. The number of esters is 1. The first-order valence-electron chi connectivity index (χ1n) is 6.54. The molecule has 1 aromatic heterocycles. The zero-order chi connectivity index (χ0) is 14.4. The Balaban J connectivity index is 2.22. The summed E-state index contributed by atoms with van der Waals surface area (Å²) in [4.78, 5) is 11.4. The number of para-hydroxylation sites is 1. The van der Waals surface area contributed by atoms with Crippen molar-refractivity contribution in [2.45, 2.75) is 25.4 Å². The van der Waals surface area contributed by atoms with Gasteiger partial charge in [0.25, 0.3) is 0 Å². The number of ether oxygens (including phenoxy) is 1. The third-order valence-electron chi connectivity index (χ3n) is 2.66. The average Bonchev–Trinajstić information content (AvgIpc) is 2.89. The maximum absolute atomic E-state index is 11.4. The fraction of sp³-hybridized carbons (Fsp3) is 0.357. The number of aryl methyl sites for hydroxylation is 1. The van der Waals surface area contributed by atoms with Gasteiger partial charge in [-0.3, -0.25) is 9.36 Å². The highest BCUT2D eigenvalue weighted by Gasteiger charge is 2.14. The normalized spacial score (nSPS) is 10.5. The molecule has 0 aliphatic heterocycles. The smallest absolute Gasteiger partial charge is 0.316 e. The molecule has 0 unspecified atom stereocenters. The number of benzene rings is 1. The van der Waals surface area contributed by atoms with E-state index < -0.39 is 0 Å². The Morgan fingerprint density at radius 2 is 2.00 bits per heavy atom. The lowest BCUT2D eigenvalue weighted by Crippen LogP contribution is -2.08. The van der Waals surface area contributed by atoms with Gasteiger partial charge in [0, 0.05) is 12.1 Å². The van der Waals surface area contributed by atoms with Crippen molar-refractivity contribution in [3.05, 3.63) is 36.2 Å². The van der Waals surface area contributed by atoms with Gasteiger partial charge in [0.15, 0.2) is 5.16 Å². The monoisotopic (exact) mass is 291 g/mol. The Labute approximate surface area is 122 Å². The lowest BCUT2D eigenvalue weighted by Gasteiger charge is -2.08. The van der Waals surface area contributed by atoms with Crippen molar-refractivity contribution in [2.24, 2.45) is 0 Å². The van der Waals surface area contributed by atoms with Gasteiger partial charge < -0.3 is 4.74 Å². The van der Waals surface area contributed by atoms with Crippen molar-refractivity contribution in [2.75, 3.05) is 12.4 Å². The zero-order valence-corrected chi connectivity index (χ0v) is 12.4. The molecule has 0 radical (unpaired) electrons. The molecule has 0 fully saturated rings. The number of aromatic nitrogens is 3. The average molecular weight is 291 g/mol. The van der Waals surface area contributed by atoms with E-state index in [1.807, 2.05) is 41.8 Å². The van der Waals surface area contributed by atoms with Crippen LogP contribution in [0.2, 0.25) is 0 Å². The third kappa shape index (κ3) is 3.39. The maximum atomic E-state index is 11.4. The predicted octanol–water partition coefficient (Wildman–Crippen LogP) is 2.48. The van der Waals surface area contributed by atoms with E-state index in [1.54, 1.807) is 6.92 Å². The number of hydrogen-bond acceptors (Lipinski definition) is 5. The highest BCUT2D eigenvalue weighted by atomic mass is 32.2. The fourth-order valence-electron chi connectivity index (χ4n) is 1.79. The van der Waals surface area contributed by atoms with E-state index in [-0.39, 0.29) is 11.7 Å². The van der Waals surface area contributed by atoms with Crippen LogP contribution in [0.4, 0.5) is 0 Å². The molecule has 0 N–H and O–H groups in total. The molecule has 5 nitrogen and oxygen atoms in total. The molecule has 0 atom stereocenters. The van der Waals surface area contributed by atoms with E-state index in [9.17, 15) is 4.79 Å². The van der Waals surface area contributed by atoms with Crippen LogP contribution in [0.1, 0.15) is 19.7 Å². The topological polar surface area (TPSA) is 57.0 Å². The van der Waals surface area contributed by atoms with E-state index in [4.69, 9.17) is 4.74 Å². The SMILES string of the molecule is CCOC(=O)CSc1nnc(CC)n1-c1ccccc1. The Morgan fingerprint density at radius 1 is 1.25 bits per heavy atom. The van der Waals surface area contributed by atoms with Crippen LogP contribution in [-0.2, 0) is 16.0 Å². The van der Waals surface area contributed by atoms with Gasteiger partial charge in [0.2, 0.25) is 0 Å². The van der Waals surface area contributed by atoms with Gasteiger partial charge in [0.1, 0.15) is 5.82 Å². The van der Waals surface area contributed by atoms with E-state index >= 15 is 0 Å². The molecule has 6 heteroatoms. The second-order valence-corrected chi connectivity index (χ2v) is 4.96. The maximum Gasteiger partial charge on any atom is 0.316 e. The van der Waals surface area contributed by atoms with Crippen LogP contribution in [0, 0.1) is 0 Å². The molecular formula is C14H17N3O2S. The first-order valence-corrected chi connectivity index (χ1v) is 7.53. The highest BCUT2D eigenvalue weighted by molar-refractivity contribution is 7.99. The van der Waals surface area contributed by atoms with Crippen molar-refractivity contribution < 1.29 is 9.53 Å². The number of thioether (sulfide) groups is 1. The quantitative estimate of drug-likeness (QED) is 0.604. The molecule has 0 bridgehead atoms. The molecule has 20 heavy (non-hydrogen) atoms. The minimum atomic E-state index is -0.238. The van der Waals surface area contributed by atoms with E-state index in [0.717, 1.165) is 17.9 Å². The summed E-state index contributed by atoms with van der Waals surface area (Å²) in [6, 6.07) is 9.89. The predicted molar refractivity (Wildman–Crippen MR) is 78.1 cm³/mol. The van der Waals surface area contributed by atoms with Gasteiger partial charge in [-0.1, -0.05) is 36.9 Å². The number of carbonyl (C=O) groups excluding carboxylic acids is 1. The molecule has 0 saturated heterocycles. The van der Waals surface area contributed by atoms with Gasteiger partial charge in [-0.15, -0.1) is 10.2 Å². The lowest BCUT2D eigenvalue weighted by molar-refractivity contribution is -0.139. The molecule has 0 aliphatic rings. The first-order chi connectivity index (χ1) is 9.76. The van der Waals surface area contributed by atoms with Crippen LogP contribution in [0.3, 0.4) is 0 Å². The first kappa shape index (κ1) is 14.6. The van der Waals surface area contributed by atoms with Crippen LogP contribution in [-0.4, -0.2) is 33.1 Å². The standard InChI is InChI=1S/C14H17N3O2S/c1-3-12-15-16-14(20-10-13(18)19-4-2)17(12)11-8-6-5-7-9-11/h5-9H,3-4,10H2,1-2H3. The number of hydrogen-bond donors (Lipinski definition) is 0. The highest BCUT2D eigenvalue weighted by Crippen LogP contribution is 2.22. The summed E-state index contributed by atoms with van der Waals surface area (Å²) in [5.41, 5.74) is 1.00. The fourth-order valence-corrected chi connectivity index (χ4v) is 2.55. The minimum absolute atomic E-state index is 0.238. The number of carbonyl (C=O) groups is 1. The van der Waals surface area contributed by atoms with Crippen molar-refractivity contribution in [3.63, 3.8) is 0 Å². The van der Waals surface area contributed by atoms with Crippen LogP contribution in [0.25, 0.3) is 5.69 Å². The Kier molecular flexibility index (Phi) is 5.17. The molecule has 2 aromatic rings. The molecule has 106 valence electrons. The summed E-state index contributed by atoms with van der Waals surface area (Å²) in [7, 11) is 0. The van der Waals surface area contributed by atoms with Gasteiger partial charge in [-0.2, -0.15) is 0 Å². The largest absolute Gasteiger partial charge is 0.465 e. The van der Waals surface area contributed by atoms with Gasteiger partial charge in [-0.05, 0) is 19.1 Å². The molecule has 1 heterocycles. The zero-order valence-electron chi connectivity index (χ0n) is 11.6. The summed E-state index contributed by atoms with van der Waals surface area (Å²) in [6.07, 6.45) is 0.780. The van der Waals surface area contributed by atoms with Crippen molar-refractivity contribution >= 4 is 17.7 Å². The molecule has 0 aliphatic carbocycles. The summed E-state index contributed by atoms with van der Waals surface area (Å²) in [6.45, 7) is 4.22. The van der Waals surface area contributed by atoms with Crippen LogP contribution in [0.15, 0.2) is 35.5 Å². The van der Waals surface area contributed by atoms with Crippen LogP contribution in [0.5, 0.6) is 0 Å². The third-order valence-corrected chi connectivity index (χ3v) is 3.56. The Bertz CT molecular complexity index is 569. The molecule has 0 amide bonds. The molecule has 1 aromatic carbocycles. The molecule has 2 rings (SSSR count). The summed E-state index contributed by atoms with van der Waals surface area (Å²) in [5.74, 6) is 0.878. The Hall–Kier alpha value is -1.82. The molecule has 0 saturated carbocycles. The van der Waals surface area contributed by atoms with Crippen LogP contribution >= 0.6 is 11.8 Å². The van der Waals surface area contributed by atoms with E-state index in [1.165, 1.54) is 11.8 Å². The minimum Gasteiger partial charge on any atom is -0.465 e. The number of rotatable bonds is 6. The second kappa shape index (κ2) is 7.09. The van der Waals surface area contributed by atoms with E-state index in [2.05, 4.69) is 10.2 Å². The molecular weight excluding hydrogens is 274 g/mol. The second-order valence-electron chi connectivity index (χ2n) is 4.02. The molecule has 0 spiro atoms. The summed E-state index contributed by atoms with van der Waals surface area (Å²) < 4.78 is 6.90. The summed E-state index contributed by atoms with van der Waals surface area (Å²) >= 11 is 1.34. The van der Waals surface area contributed by atoms with E-state index in [0.29, 0.717) is 11.8 Å². The van der Waals surface area contributed by atoms with Gasteiger partial charge >= 0.3 is 5.97 Å². The van der Waals surface area contributed by atoms with Crippen LogP contribution < -0.4 is 0 Å². The van der Waals surface area contributed by atoms with Crippen molar-refractivity contribution in [1.29, 1.82) is 0 Å². The Morgan fingerprint density at radius 3 is 2.65 bits per heavy atom. The van der Waals surface area contributed by atoms with Crippen molar-refractivity contribution in [1.82, 2.24) is 14.8 Å². The van der Waals surface area contributed by atoms with Gasteiger partial charge in [0.05, 0.1) is 12.4 Å². The van der Waals surface area contributed by atoms with Crippen molar-refractivity contribution in [3.8, 4) is 5.69 Å². The summed E-state index contributed by atoms with van der Waals surface area (Å²) in [5, 5.41) is 9.05. The van der Waals surface area contributed by atoms with Gasteiger partial charge in [-0.25, -0.2) is 0 Å². The number of nitrogens with zero attached hydrogens (tertiary/aromatic N) is 3.